The number of halogens is 2. The van der Waals surface area contributed by atoms with Gasteiger partial charge in [0.25, 0.3) is 0 Å². The molecule has 4 heteroatoms. The fourth-order valence-electron chi connectivity index (χ4n) is 2.15. The van der Waals surface area contributed by atoms with E-state index in [0.29, 0.717) is 0 Å². The third-order valence-electron chi connectivity index (χ3n) is 3.12. The summed E-state index contributed by atoms with van der Waals surface area (Å²) in [6.07, 6.45) is 0. The average Bonchev–Trinajstić information content (AvgIpc) is 2.46. The number of methoxy groups -OCH3 is 1. The largest absolute Gasteiger partial charge is 0.496 e. The van der Waals surface area contributed by atoms with Gasteiger partial charge in [0.2, 0.25) is 0 Å². The first kappa shape index (κ1) is 15.8. The first-order chi connectivity index (χ1) is 9.65. The van der Waals surface area contributed by atoms with Crippen molar-refractivity contribution in [2.75, 3.05) is 13.7 Å². The number of hydrogen-bond acceptors (Lipinski definition) is 2. The van der Waals surface area contributed by atoms with Gasteiger partial charge < -0.3 is 10.1 Å². The maximum absolute atomic E-state index is 5.29. The summed E-state index contributed by atoms with van der Waals surface area (Å²) in [6.45, 7) is 3.04. The Bertz CT molecular complexity index is 571. The van der Waals surface area contributed by atoms with Crippen LogP contribution in [0.5, 0.6) is 5.75 Å². The van der Waals surface area contributed by atoms with E-state index in [1.54, 1.807) is 7.11 Å². The van der Waals surface area contributed by atoms with Crippen LogP contribution in [0.1, 0.15) is 24.1 Å². The molecule has 2 aromatic carbocycles. The van der Waals surface area contributed by atoms with Crippen LogP contribution < -0.4 is 10.1 Å². The van der Waals surface area contributed by atoms with Crippen molar-refractivity contribution < 1.29 is 4.74 Å². The highest BCUT2D eigenvalue weighted by Crippen LogP contribution is 2.30. The van der Waals surface area contributed by atoms with E-state index in [4.69, 9.17) is 4.74 Å². The Morgan fingerprint density at radius 1 is 1.15 bits per heavy atom. The molecule has 0 spiro atoms. The number of rotatable bonds is 5. The van der Waals surface area contributed by atoms with Crippen LogP contribution in [0.2, 0.25) is 0 Å². The van der Waals surface area contributed by atoms with Crippen LogP contribution in [0.3, 0.4) is 0 Å². The van der Waals surface area contributed by atoms with Gasteiger partial charge in [0.15, 0.2) is 0 Å². The van der Waals surface area contributed by atoms with E-state index in [-0.39, 0.29) is 6.04 Å². The Hall–Kier alpha value is -0.590. The molecular weight excluding hydrogens is 429 g/mol. The molecule has 0 aromatic heterocycles. The van der Waals surface area contributed by atoms with E-state index in [1.165, 1.54) is 14.7 Å². The van der Waals surface area contributed by atoms with Gasteiger partial charge in [-0.3, -0.25) is 0 Å². The molecule has 0 heterocycles. The first-order valence-corrected chi connectivity index (χ1v) is 8.35. The minimum absolute atomic E-state index is 0.194. The predicted molar refractivity (Wildman–Crippen MR) is 95.4 cm³/mol. The molecule has 0 aliphatic heterocycles. The molecule has 2 aromatic rings. The van der Waals surface area contributed by atoms with Gasteiger partial charge in [0.05, 0.1) is 17.6 Å². The zero-order valence-corrected chi connectivity index (χ0v) is 15.2. The molecule has 0 radical (unpaired) electrons. The molecule has 0 fully saturated rings. The van der Waals surface area contributed by atoms with Crippen molar-refractivity contribution in [2.45, 2.75) is 13.0 Å². The number of ether oxygens (including phenoxy) is 1. The first-order valence-electron chi connectivity index (χ1n) is 6.48. The number of hydrogen-bond donors (Lipinski definition) is 1. The lowest BCUT2D eigenvalue weighted by atomic mass is 9.98. The van der Waals surface area contributed by atoms with Crippen molar-refractivity contribution in [1.82, 2.24) is 5.32 Å². The van der Waals surface area contributed by atoms with Crippen LogP contribution in [0.25, 0.3) is 0 Å². The number of nitrogens with one attached hydrogen (secondary N) is 1. The van der Waals surface area contributed by atoms with Gasteiger partial charge in [0, 0.05) is 3.57 Å². The second-order valence-corrected chi connectivity index (χ2v) is 6.54. The van der Waals surface area contributed by atoms with Crippen LogP contribution in [0, 0.1) is 3.57 Å². The third-order valence-corrected chi connectivity index (χ3v) is 4.46. The molecule has 0 saturated heterocycles. The molecule has 106 valence electrons. The van der Waals surface area contributed by atoms with Gasteiger partial charge in [-0.05, 0) is 80.5 Å². The molecule has 20 heavy (non-hydrogen) atoms. The van der Waals surface area contributed by atoms with Crippen LogP contribution in [-0.2, 0) is 0 Å². The Morgan fingerprint density at radius 2 is 1.80 bits per heavy atom. The number of benzene rings is 2. The summed E-state index contributed by atoms with van der Waals surface area (Å²) >= 11 is 5.88. The lowest BCUT2D eigenvalue weighted by molar-refractivity contribution is 0.412. The second kappa shape index (κ2) is 7.43. The maximum atomic E-state index is 5.29. The topological polar surface area (TPSA) is 21.3 Å². The van der Waals surface area contributed by atoms with Gasteiger partial charge >= 0.3 is 0 Å². The fraction of sp³-hybridized carbons (Fsp3) is 0.250. The highest BCUT2D eigenvalue weighted by Gasteiger charge is 2.14. The van der Waals surface area contributed by atoms with Crippen LogP contribution >= 0.6 is 38.5 Å². The van der Waals surface area contributed by atoms with Crippen LogP contribution in [-0.4, -0.2) is 13.7 Å². The highest BCUT2D eigenvalue weighted by atomic mass is 127. The molecule has 0 saturated carbocycles. The molecule has 1 N–H and O–H groups in total. The zero-order valence-electron chi connectivity index (χ0n) is 11.5. The second-order valence-electron chi connectivity index (χ2n) is 4.44. The van der Waals surface area contributed by atoms with Crippen molar-refractivity contribution in [3.05, 3.63) is 61.6 Å². The molecule has 1 unspecified atom stereocenters. The monoisotopic (exact) mass is 445 g/mol. The van der Waals surface area contributed by atoms with Gasteiger partial charge in [-0.2, -0.15) is 0 Å². The third kappa shape index (κ3) is 3.74. The van der Waals surface area contributed by atoms with Crippen molar-refractivity contribution in [3.8, 4) is 5.75 Å². The van der Waals surface area contributed by atoms with Gasteiger partial charge in [-0.15, -0.1) is 0 Å². The van der Waals surface area contributed by atoms with Crippen molar-refractivity contribution >= 4 is 38.5 Å². The van der Waals surface area contributed by atoms with E-state index >= 15 is 0 Å². The van der Waals surface area contributed by atoms with Crippen LogP contribution in [0.15, 0.2) is 46.9 Å². The normalized spacial score (nSPS) is 12.2. The molecular formula is C16H17BrINO. The van der Waals surface area contributed by atoms with E-state index in [9.17, 15) is 0 Å². The molecule has 2 nitrogen and oxygen atoms in total. The minimum Gasteiger partial charge on any atom is -0.496 e. The average molecular weight is 446 g/mol. The van der Waals surface area contributed by atoms with E-state index < -0.39 is 0 Å². The standard InChI is InChI=1S/C16H17BrINO/c1-3-19-16(11-4-7-13(18)8-5-11)12-6-9-15(20-2)14(17)10-12/h4-10,16,19H,3H2,1-2H3. The minimum atomic E-state index is 0.194. The van der Waals surface area contributed by atoms with E-state index in [2.05, 4.69) is 87.2 Å². The summed E-state index contributed by atoms with van der Waals surface area (Å²) in [5.41, 5.74) is 2.49. The van der Waals surface area contributed by atoms with Crippen molar-refractivity contribution in [3.63, 3.8) is 0 Å². The summed E-state index contributed by atoms with van der Waals surface area (Å²) in [6, 6.07) is 15.0. The lowest BCUT2D eigenvalue weighted by Crippen LogP contribution is -2.22. The summed E-state index contributed by atoms with van der Waals surface area (Å²) in [5, 5.41) is 3.54. The Morgan fingerprint density at radius 3 is 2.35 bits per heavy atom. The molecule has 0 aliphatic carbocycles. The van der Waals surface area contributed by atoms with Crippen molar-refractivity contribution in [1.29, 1.82) is 0 Å². The molecule has 0 bridgehead atoms. The van der Waals surface area contributed by atoms with Gasteiger partial charge in [0.1, 0.15) is 5.75 Å². The van der Waals surface area contributed by atoms with Crippen LogP contribution in [0.4, 0.5) is 0 Å². The molecule has 0 amide bonds. The summed E-state index contributed by atoms with van der Waals surface area (Å²) < 4.78 is 7.52. The Kier molecular flexibility index (Phi) is 5.86. The van der Waals surface area contributed by atoms with E-state index in [1.807, 2.05) is 6.07 Å². The lowest BCUT2D eigenvalue weighted by Gasteiger charge is -2.20. The molecule has 0 aliphatic rings. The summed E-state index contributed by atoms with van der Waals surface area (Å²) in [7, 11) is 1.68. The summed E-state index contributed by atoms with van der Waals surface area (Å²) in [4.78, 5) is 0. The Labute approximate surface area is 142 Å². The quantitative estimate of drug-likeness (QED) is 0.670. The zero-order chi connectivity index (χ0) is 14.5. The van der Waals surface area contributed by atoms with Gasteiger partial charge in [-0.25, -0.2) is 0 Å². The fourth-order valence-corrected chi connectivity index (χ4v) is 3.07. The molecule has 2 rings (SSSR count). The van der Waals surface area contributed by atoms with Gasteiger partial charge in [-0.1, -0.05) is 25.1 Å². The molecule has 1 atom stereocenters. The van der Waals surface area contributed by atoms with E-state index in [0.717, 1.165) is 16.8 Å². The summed E-state index contributed by atoms with van der Waals surface area (Å²) in [5.74, 6) is 0.853. The highest BCUT2D eigenvalue weighted by molar-refractivity contribution is 14.1. The maximum Gasteiger partial charge on any atom is 0.133 e. The Balaban J connectivity index is 2.37. The predicted octanol–water partition coefficient (Wildman–Crippen LogP) is 4.76. The van der Waals surface area contributed by atoms with Crippen molar-refractivity contribution in [2.24, 2.45) is 0 Å². The smallest absolute Gasteiger partial charge is 0.133 e. The SMILES string of the molecule is CCNC(c1ccc(I)cc1)c1ccc(OC)c(Br)c1.